The predicted molar refractivity (Wildman–Crippen MR) is 80.4 cm³/mol. The maximum Gasteiger partial charge on any atom is 0.341 e. The molecule has 5 heteroatoms. The summed E-state index contributed by atoms with van der Waals surface area (Å²) >= 11 is 0. The van der Waals surface area contributed by atoms with Crippen LogP contribution >= 0.6 is 0 Å². The average molecular weight is 303 g/mol. The number of carbonyl (C=O) groups excluding carboxylic acids is 1. The zero-order chi connectivity index (χ0) is 15.5. The van der Waals surface area contributed by atoms with Crippen LogP contribution < -0.4 is 10.1 Å². The zero-order valence-electron chi connectivity index (χ0n) is 12.5. The molecule has 22 heavy (non-hydrogen) atoms. The van der Waals surface area contributed by atoms with Crippen LogP contribution in [0.4, 0.5) is 0 Å². The summed E-state index contributed by atoms with van der Waals surface area (Å²) in [5.41, 5.74) is 0.917. The van der Waals surface area contributed by atoms with Gasteiger partial charge in [-0.1, -0.05) is 25.0 Å². The Kier molecular flexibility index (Phi) is 4.32. The van der Waals surface area contributed by atoms with E-state index in [1.54, 1.807) is 18.2 Å². The van der Waals surface area contributed by atoms with Crippen LogP contribution in [0, 0.1) is 17.8 Å². The molecule has 2 aliphatic rings. The Morgan fingerprint density at radius 1 is 1.23 bits per heavy atom. The highest BCUT2D eigenvalue weighted by Gasteiger charge is 2.54. The monoisotopic (exact) mass is 303 g/mol. The van der Waals surface area contributed by atoms with Gasteiger partial charge in [0.05, 0.1) is 0 Å². The Labute approximate surface area is 129 Å². The molecule has 0 bridgehead atoms. The second-order valence-corrected chi connectivity index (χ2v) is 6.19. The Morgan fingerprint density at radius 3 is 2.64 bits per heavy atom. The molecule has 2 fully saturated rings. The third-order valence-corrected chi connectivity index (χ3v) is 4.69. The van der Waals surface area contributed by atoms with Gasteiger partial charge in [-0.3, -0.25) is 4.79 Å². The number of aliphatic carboxylic acids is 1. The van der Waals surface area contributed by atoms with Gasteiger partial charge in [-0.15, -0.1) is 0 Å². The van der Waals surface area contributed by atoms with Crippen molar-refractivity contribution in [2.24, 2.45) is 17.8 Å². The molecule has 1 amide bonds. The fraction of sp³-hybridized carbons (Fsp3) is 0.529. The van der Waals surface area contributed by atoms with Gasteiger partial charge in [0.1, 0.15) is 5.75 Å². The van der Waals surface area contributed by atoms with Crippen molar-refractivity contribution < 1.29 is 19.4 Å². The smallest absolute Gasteiger partial charge is 0.341 e. The molecular formula is C17H21NO4. The molecule has 0 heterocycles. The highest BCUT2D eigenvalue weighted by atomic mass is 16.5. The SMILES string of the molecule is O=C(O)COc1cccc(CNC(=O)C2C3CCCCC32)c1. The standard InChI is InChI=1S/C17H21NO4/c19-15(20)10-22-12-5-3-4-11(8-12)9-18-17(21)16-13-6-1-2-7-14(13)16/h3-5,8,13-14,16H,1-2,6-7,9-10H2,(H,18,21)(H,19,20). The molecule has 118 valence electrons. The van der Waals surface area contributed by atoms with E-state index < -0.39 is 5.97 Å². The quantitative estimate of drug-likeness (QED) is 0.845. The molecule has 3 rings (SSSR count). The van der Waals surface area contributed by atoms with E-state index in [9.17, 15) is 9.59 Å². The molecule has 2 N–H and O–H groups in total. The number of ether oxygens (including phenoxy) is 1. The fourth-order valence-electron chi connectivity index (χ4n) is 3.58. The number of fused-ring (bicyclic) bond motifs is 1. The highest BCUT2D eigenvalue weighted by Crippen LogP contribution is 2.55. The maximum atomic E-state index is 12.2. The van der Waals surface area contributed by atoms with Crippen LogP contribution in [0.3, 0.4) is 0 Å². The second-order valence-electron chi connectivity index (χ2n) is 6.19. The summed E-state index contributed by atoms with van der Waals surface area (Å²) in [5.74, 6) is 1.10. The van der Waals surface area contributed by atoms with Gasteiger partial charge in [-0.25, -0.2) is 4.79 Å². The number of hydrogen-bond donors (Lipinski definition) is 2. The summed E-state index contributed by atoms with van der Waals surface area (Å²) in [7, 11) is 0. The lowest BCUT2D eigenvalue weighted by Gasteiger charge is -2.08. The molecule has 0 saturated heterocycles. The molecule has 2 aliphatic carbocycles. The molecule has 2 atom stereocenters. The van der Waals surface area contributed by atoms with Gasteiger partial charge in [0, 0.05) is 12.5 Å². The van der Waals surface area contributed by atoms with Crippen LogP contribution in [0.15, 0.2) is 24.3 Å². The highest BCUT2D eigenvalue weighted by molar-refractivity contribution is 5.82. The van der Waals surface area contributed by atoms with Gasteiger partial charge in [-0.05, 0) is 42.4 Å². The second kappa shape index (κ2) is 6.38. The van der Waals surface area contributed by atoms with Crippen LogP contribution in [-0.4, -0.2) is 23.6 Å². The molecule has 0 spiro atoms. The summed E-state index contributed by atoms with van der Waals surface area (Å²) in [6.07, 6.45) is 4.91. The first-order valence-electron chi connectivity index (χ1n) is 7.86. The number of rotatable bonds is 6. The lowest BCUT2D eigenvalue weighted by Crippen LogP contribution is -2.25. The first-order chi connectivity index (χ1) is 10.6. The average Bonchev–Trinajstić information content (AvgIpc) is 3.25. The molecule has 1 aromatic carbocycles. The van der Waals surface area contributed by atoms with E-state index in [2.05, 4.69) is 5.32 Å². The molecule has 2 saturated carbocycles. The van der Waals surface area contributed by atoms with Crippen molar-refractivity contribution in [1.29, 1.82) is 0 Å². The van der Waals surface area contributed by atoms with Crippen molar-refractivity contribution in [1.82, 2.24) is 5.32 Å². The summed E-state index contributed by atoms with van der Waals surface area (Å²) in [6.45, 7) is 0.0975. The van der Waals surface area contributed by atoms with Crippen molar-refractivity contribution in [2.45, 2.75) is 32.2 Å². The minimum Gasteiger partial charge on any atom is -0.482 e. The summed E-state index contributed by atoms with van der Waals surface area (Å²) in [4.78, 5) is 22.7. The predicted octanol–water partition coefficient (Wildman–Crippen LogP) is 2.20. The van der Waals surface area contributed by atoms with Crippen molar-refractivity contribution in [3.8, 4) is 5.75 Å². The maximum absolute atomic E-state index is 12.2. The van der Waals surface area contributed by atoms with Gasteiger partial charge in [0.25, 0.3) is 0 Å². The zero-order valence-corrected chi connectivity index (χ0v) is 12.5. The number of benzene rings is 1. The van der Waals surface area contributed by atoms with Crippen molar-refractivity contribution in [3.05, 3.63) is 29.8 Å². The summed E-state index contributed by atoms with van der Waals surface area (Å²) < 4.78 is 5.14. The Balaban J connectivity index is 1.50. The normalized spacial score (nSPS) is 25.9. The largest absolute Gasteiger partial charge is 0.482 e. The Bertz CT molecular complexity index is 560. The Hall–Kier alpha value is -2.04. The van der Waals surface area contributed by atoms with Crippen LogP contribution in [0.5, 0.6) is 5.75 Å². The lowest BCUT2D eigenvalue weighted by atomic mass is 10.0. The van der Waals surface area contributed by atoms with Crippen LogP contribution in [-0.2, 0) is 16.1 Å². The number of hydrogen-bond acceptors (Lipinski definition) is 3. The van der Waals surface area contributed by atoms with Crippen molar-refractivity contribution >= 4 is 11.9 Å². The Morgan fingerprint density at radius 2 is 1.95 bits per heavy atom. The molecule has 0 aromatic heterocycles. The number of amides is 1. The summed E-state index contributed by atoms with van der Waals surface area (Å²) in [5, 5.41) is 11.6. The molecule has 2 unspecified atom stereocenters. The van der Waals surface area contributed by atoms with Crippen molar-refractivity contribution in [3.63, 3.8) is 0 Å². The van der Waals surface area contributed by atoms with Gasteiger partial charge in [-0.2, -0.15) is 0 Å². The third-order valence-electron chi connectivity index (χ3n) is 4.69. The van der Waals surface area contributed by atoms with Crippen LogP contribution in [0.2, 0.25) is 0 Å². The molecule has 5 nitrogen and oxygen atoms in total. The number of carboxylic acids is 1. The van der Waals surface area contributed by atoms with E-state index in [1.807, 2.05) is 6.07 Å². The van der Waals surface area contributed by atoms with Gasteiger partial charge >= 0.3 is 5.97 Å². The van der Waals surface area contributed by atoms with Crippen molar-refractivity contribution in [2.75, 3.05) is 6.61 Å². The van der Waals surface area contributed by atoms with E-state index in [4.69, 9.17) is 9.84 Å². The minimum atomic E-state index is -1.00. The van der Waals surface area contributed by atoms with E-state index in [-0.39, 0.29) is 18.4 Å². The molecular weight excluding hydrogens is 282 g/mol. The van der Waals surface area contributed by atoms with E-state index in [0.717, 1.165) is 5.56 Å². The number of carboxylic acid groups (broad SMARTS) is 1. The van der Waals surface area contributed by atoms with E-state index in [1.165, 1.54) is 25.7 Å². The summed E-state index contributed by atoms with van der Waals surface area (Å²) in [6, 6.07) is 7.18. The van der Waals surface area contributed by atoms with Crippen LogP contribution in [0.25, 0.3) is 0 Å². The first-order valence-corrected chi connectivity index (χ1v) is 7.86. The first kappa shape index (κ1) is 14.9. The van der Waals surface area contributed by atoms with E-state index in [0.29, 0.717) is 24.1 Å². The van der Waals surface area contributed by atoms with Gasteiger partial charge in [0.2, 0.25) is 5.91 Å². The number of carbonyl (C=O) groups is 2. The minimum absolute atomic E-state index is 0.161. The third kappa shape index (κ3) is 3.40. The lowest BCUT2D eigenvalue weighted by molar-refractivity contribution is -0.139. The number of nitrogens with one attached hydrogen (secondary N) is 1. The van der Waals surface area contributed by atoms with Gasteiger partial charge < -0.3 is 15.2 Å². The fourth-order valence-corrected chi connectivity index (χ4v) is 3.58. The van der Waals surface area contributed by atoms with Crippen LogP contribution in [0.1, 0.15) is 31.2 Å². The molecule has 1 aromatic rings. The van der Waals surface area contributed by atoms with Gasteiger partial charge in [0.15, 0.2) is 6.61 Å². The van der Waals surface area contributed by atoms with E-state index >= 15 is 0 Å². The molecule has 0 aliphatic heterocycles. The molecule has 0 radical (unpaired) electrons. The topological polar surface area (TPSA) is 75.6 Å².